The Morgan fingerprint density at radius 1 is 1.26 bits per heavy atom. The van der Waals surface area contributed by atoms with Crippen molar-refractivity contribution in [3.05, 3.63) is 52.3 Å². The summed E-state index contributed by atoms with van der Waals surface area (Å²) < 4.78 is 5.03. The van der Waals surface area contributed by atoms with Gasteiger partial charge in [0.25, 0.3) is 0 Å². The molecule has 98 valence electrons. The molecule has 0 spiro atoms. The van der Waals surface area contributed by atoms with E-state index in [1.54, 1.807) is 0 Å². The number of carbonyl (C=O) groups is 1. The second-order valence-electron chi connectivity index (χ2n) is 3.55. The van der Waals surface area contributed by atoms with E-state index in [1.807, 2.05) is 30.3 Å². The molecule has 1 heterocycles. The van der Waals surface area contributed by atoms with E-state index < -0.39 is 6.09 Å². The van der Waals surface area contributed by atoms with Crippen molar-refractivity contribution >= 4 is 35.0 Å². The van der Waals surface area contributed by atoms with Gasteiger partial charge in [0.05, 0.1) is 11.9 Å². The van der Waals surface area contributed by atoms with Crippen molar-refractivity contribution in [2.75, 3.05) is 5.32 Å². The lowest BCUT2D eigenvalue weighted by Crippen LogP contribution is -2.14. The van der Waals surface area contributed by atoms with E-state index in [4.69, 9.17) is 27.9 Å². The van der Waals surface area contributed by atoms with Crippen molar-refractivity contribution in [2.45, 2.75) is 6.61 Å². The summed E-state index contributed by atoms with van der Waals surface area (Å²) in [6, 6.07) is 9.31. The normalized spacial score (nSPS) is 10.0. The minimum atomic E-state index is -0.644. The first-order valence-electron chi connectivity index (χ1n) is 5.31. The van der Waals surface area contributed by atoms with Crippen LogP contribution in [0, 0.1) is 0 Å². The van der Waals surface area contributed by atoms with Crippen LogP contribution in [0.25, 0.3) is 0 Å². The molecule has 0 saturated carbocycles. The minimum Gasteiger partial charge on any atom is -0.444 e. The zero-order chi connectivity index (χ0) is 13.7. The van der Waals surface area contributed by atoms with E-state index in [2.05, 4.69) is 15.5 Å². The van der Waals surface area contributed by atoms with Crippen molar-refractivity contribution in [3.8, 4) is 0 Å². The van der Waals surface area contributed by atoms with E-state index in [9.17, 15) is 4.79 Å². The lowest BCUT2D eigenvalue weighted by molar-refractivity contribution is 0.155. The van der Waals surface area contributed by atoms with Crippen LogP contribution in [-0.4, -0.2) is 16.3 Å². The molecule has 2 rings (SSSR count). The van der Waals surface area contributed by atoms with Gasteiger partial charge in [-0.3, -0.25) is 5.32 Å². The lowest BCUT2D eigenvalue weighted by Gasteiger charge is -2.08. The van der Waals surface area contributed by atoms with Gasteiger partial charge in [0.1, 0.15) is 11.6 Å². The van der Waals surface area contributed by atoms with Crippen molar-refractivity contribution < 1.29 is 9.53 Å². The summed E-state index contributed by atoms with van der Waals surface area (Å²) in [6.45, 7) is 0.163. The predicted molar refractivity (Wildman–Crippen MR) is 72.3 cm³/mol. The molecule has 0 radical (unpaired) electrons. The average molecular weight is 298 g/mol. The molecule has 1 N–H and O–H groups in total. The standard InChI is InChI=1S/C12H9Cl2N3O2/c13-10-9(6-15-17-11(10)14)16-12(18)19-7-8-4-2-1-3-5-8/h1-6H,7H2,(H,16,17,18). The number of hydrogen-bond donors (Lipinski definition) is 1. The largest absolute Gasteiger partial charge is 0.444 e. The first-order chi connectivity index (χ1) is 9.16. The average Bonchev–Trinajstić information content (AvgIpc) is 2.43. The van der Waals surface area contributed by atoms with Gasteiger partial charge in [-0.05, 0) is 5.56 Å². The Kier molecular flexibility index (Phi) is 4.54. The van der Waals surface area contributed by atoms with Crippen molar-refractivity contribution in [3.63, 3.8) is 0 Å². The maximum Gasteiger partial charge on any atom is 0.412 e. The fourth-order valence-corrected chi connectivity index (χ4v) is 1.58. The molecule has 0 unspecified atom stereocenters. The highest BCUT2D eigenvalue weighted by Crippen LogP contribution is 2.26. The minimum absolute atomic E-state index is 0.0162. The van der Waals surface area contributed by atoms with E-state index in [0.29, 0.717) is 0 Å². The Labute approximate surface area is 119 Å². The van der Waals surface area contributed by atoms with Gasteiger partial charge in [-0.2, -0.15) is 5.10 Å². The second kappa shape index (κ2) is 6.36. The quantitative estimate of drug-likeness (QED) is 0.941. The van der Waals surface area contributed by atoms with Crippen LogP contribution in [0.4, 0.5) is 10.5 Å². The molecule has 1 aromatic heterocycles. The molecule has 0 atom stereocenters. The fraction of sp³-hybridized carbons (Fsp3) is 0.0833. The summed E-state index contributed by atoms with van der Waals surface area (Å²) >= 11 is 11.5. The molecule has 5 nitrogen and oxygen atoms in total. The molecule has 0 bridgehead atoms. The predicted octanol–water partition coefficient (Wildman–Crippen LogP) is 3.53. The SMILES string of the molecule is O=C(Nc1cnnc(Cl)c1Cl)OCc1ccccc1. The number of ether oxygens (including phenoxy) is 1. The van der Waals surface area contributed by atoms with Crippen LogP contribution >= 0.6 is 23.2 Å². The summed E-state index contributed by atoms with van der Waals surface area (Å²) in [5.74, 6) is 0. The number of anilines is 1. The molecule has 0 aliphatic heterocycles. The van der Waals surface area contributed by atoms with Gasteiger partial charge < -0.3 is 4.74 Å². The second-order valence-corrected chi connectivity index (χ2v) is 4.29. The highest BCUT2D eigenvalue weighted by Gasteiger charge is 2.10. The first kappa shape index (κ1) is 13.6. The van der Waals surface area contributed by atoms with Crippen LogP contribution in [-0.2, 0) is 11.3 Å². The van der Waals surface area contributed by atoms with E-state index >= 15 is 0 Å². The number of nitrogens with zero attached hydrogens (tertiary/aromatic N) is 2. The Balaban J connectivity index is 1.93. The topological polar surface area (TPSA) is 64.1 Å². The van der Waals surface area contributed by atoms with Gasteiger partial charge in [-0.25, -0.2) is 4.79 Å². The smallest absolute Gasteiger partial charge is 0.412 e. The van der Waals surface area contributed by atoms with E-state index in [-0.39, 0.29) is 22.5 Å². The molecule has 1 amide bonds. The van der Waals surface area contributed by atoms with Crippen LogP contribution < -0.4 is 5.32 Å². The molecule has 0 aliphatic rings. The van der Waals surface area contributed by atoms with Gasteiger partial charge in [-0.15, -0.1) is 5.10 Å². The summed E-state index contributed by atoms with van der Waals surface area (Å²) in [5.41, 5.74) is 1.13. The maximum absolute atomic E-state index is 11.6. The first-order valence-corrected chi connectivity index (χ1v) is 6.07. The zero-order valence-electron chi connectivity index (χ0n) is 9.64. The summed E-state index contributed by atoms with van der Waals surface area (Å²) in [7, 11) is 0. The fourth-order valence-electron chi connectivity index (χ4n) is 1.31. The van der Waals surface area contributed by atoms with Crippen LogP contribution in [0.1, 0.15) is 5.56 Å². The van der Waals surface area contributed by atoms with Gasteiger partial charge in [0, 0.05) is 0 Å². The molecular formula is C12H9Cl2N3O2. The number of benzene rings is 1. The molecular weight excluding hydrogens is 289 g/mol. The highest BCUT2D eigenvalue weighted by atomic mass is 35.5. The number of hydrogen-bond acceptors (Lipinski definition) is 4. The number of carbonyl (C=O) groups excluding carboxylic acids is 1. The Hall–Kier alpha value is -1.85. The number of aromatic nitrogens is 2. The molecule has 0 aliphatic carbocycles. The molecule has 2 aromatic rings. The van der Waals surface area contributed by atoms with E-state index in [0.717, 1.165) is 5.56 Å². The third-order valence-corrected chi connectivity index (χ3v) is 2.94. The zero-order valence-corrected chi connectivity index (χ0v) is 11.1. The monoisotopic (exact) mass is 297 g/mol. The third kappa shape index (κ3) is 3.81. The van der Waals surface area contributed by atoms with Gasteiger partial charge in [-0.1, -0.05) is 53.5 Å². The van der Waals surface area contributed by atoms with Crippen LogP contribution in [0.2, 0.25) is 10.2 Å². The highest BCUT2D eigenvalue weighted by molar-refractivity contribution is 6.43. The lowest BCUT2D eigenvalue weighted by atomic mass is 10.2. The Morgan fingerprint density at radius 3 is 2.74 bits per heavy atom. The third-order valence-electron chi connectivity index (χ3n) is 2.20. The van der Waals surface area contributed by atoms with Crippen molar-refractivity contribution in [1.82, 2.24) is 10.2 Å². The summed E-state index contributed by atoms with van der Waals surface area (Å²) in [5, 5.41) is 9.69. The van der Waals surface area contributed by atoms with Gasteiger partial charge in [0.2, 0.25) is 0 Å². The molecule has 0 fully saturated rings. The number of halogens is 2. The number of amides is 1. The van der Waals surface area contributed by atoms with Crippen molar-refractivity contribution in [2.24, 2.45) is 0 Å². The van der Waals surface area contributed by atoms with Crippen LogP contribution in [0.15, 0.2) is 36.5 Å². The van der Waals surface area contributed by atoms with Gasteiger partial charge >= 0.3 is 6.09 Å². The number of nitrogens with one attached hydrogen (secondary N) is 1. The molecule has 19 heavy (non-hydrogen) atoms. The maximum atomic E-state index is 11.6. The molecule has 0 saturated heterocycles. The van der Waals surface area contributed by atoms with Crippen LogP contribution in [0.5, 0.6) is 0 Å². The number of rotatable bonds is 3. The Bertz CT molecular complexity index is 578. The summed E-state index contributed by atoms with van der Waals surface area (Å²) in [4.78, 5) is 11.6. The van der Waals surface area contributed by atoms with E-state index in [1.165, 1.54) is 6.20 Å². The van der Waals surface area contributed by atoms with Gasteiger partial charge in [0.15, 0.2) is 5.15 Å². The summed E-state index contributed by atoms with van der Waals surface area (Å²) in [6.07, 6.45) is 0.646. The Morgan fingerprint density at radius 2 is 2.00 bits per heavy atom. The molecule has 7 heteroatoms. The molecule has 1 aromatic carbocycles. The van der Waals surface area contributed by atoms with Crippen molar-refractivity contribution in [1.29, 1.82) is 0 Å². The van der Waals surface area contributed by atoms with Crippen LogP contribution in [0.3, 0.4) is 0 Å².